The quantitative estimate of drug-likeness (QED) is 0.768. The molecule has 0 atom stereocenters. The van der Waals surface area contributed by atoms with Crippen molar-refractivity contribution in [2.75, 3.05) is 0 Å². The molecule has 1 heterocycles. The van der Waals surface area contributed by atoms with Gasteiger partial charge in [0.05, 0.1) is 5.02 Å². The van der Waals surface area contributed by atoms with Crippen LogP contribution >= 0.6 is 34.5 Å². The standard InChI is InChI=1S/C13H9Cl2NOS/c14-7-4-5-8(9(15)6-7)13-16-12-10(17)2-1-3-11(12)18-13/h4-6H,1-3H2. The van der Waals surface area contributed by atoms with Crippen LogP contribution in [0, 0.1) is 0 Å². The summed E-state index contributed by atoms with van der Waals surface area (Å²) >= 11 is 13.6. The summed E-state index contributed by atoms with van der Waals surface area (Å²) in [6.07, 6.45) is 2.45. The maximum Gasteiger partial charge on any atom is 0.182 e. The largest absolute Gasteiger partial charge is 0.292 e. The minimum absolute atomic E-state index is 0.142. The van der Waals surface area contributed by atoms with Crippen LogP contribution < -0.4 is 0 Å². The number of nitrogens with zero attached hydrogens (tertiary/aromatic N) is 1. The molecule has 0 spiro atoms. The Morgan fingerprint density at radius 2 is 2.06 bits per heavy atom. The van der Waals surface area contributed by atoms with Crippen molar-refractivity contribution in [3.63, 3.8) is 0 Å². The molecule has 0 radical (unpaired) electrons. The molecule has 0 saturated carbocycles. The normalized spacial score (nSPS) is 14.7. The highest BCUT2D eigenvalue weighted by Crippen LogP contribution is 2.36. The average Bonchev–Trinajstić information content (AvgIpc) is 2.74. The van der Waals surface area contributed by atoms with E-state index in [2.05, 4.69) is 4.98 Å². The number of fused-ring (bicyclic) bond motifs is 1. The zero-order valence-corrected chi connectivity index (χ0v) is 11.7. The fourth-order valence-electron chi connectivity index (χ4n) is 2.05. The molecule has 2 aromatic rings. The molecule has 1 aromatic heterocycles. The first-order valence-corrected chi connectivity index (χ1v) is 7.21. The fraction of sp³-hybridized carbons (Fsp3) is 0.231. The van der Waals surface area contributed by atoms with E-state index in [1.807, 2.05) is 6.07 Å². The maximum atomic E-state index is 11.8. The Morgan fingerprint density at radius 3 is 2.78 bits per heavy atom. The lowest BCUT2D eigenvalue weighted by molar-refractivity contribution is 0.0968. The zero-order chi connectivity index (χ0) is 12.7. The van der Waals surface area contributed by atoms with Crippen LogP contribution in [0.25, 0.3) is 10.6 Å². The second-order valence-electron chi connectivity index (χ2n) is 4.19. The van der Waals surface area contributed by atoms with Crippen molar-refractivity contribution in [3.8, 4) is 10.6 Å². The third kappa shape index (κ3) is 2.07. The summed E-state index contributed by atoms with van der Waals surface area (Å²) in [5.41, 5.74) is 1.47. The summed E-state index contributed by atoms with van der Waals surface area (Å²) < 4.78 is 0. The van der Waals surface area contributed by atoms with E-state index in [-0.39, 0.29) is 5.78 Å². The van der Waals surface area contributed by atoms with Crippen LogP contribution in [0.3, 0.4) is 0 Å². The molecule has 18 heavy (non-hydrogen) atoms. The number of Topliss-reactive ketones (excluding diaryl/α,β-unsaturated/α-hetero) is 1. The number of aromatic nitrogens is 1. The summed E-state index contributed by atoms with van der Waals surface area (Å²) in [7, 11) is 0. The second kappa shape index (κ2) is 4.65. The Hall–Kier alpha value is -0.900. The Bertz CT molecular complexity index is 636. The fourth-order valence-corrected chi connectivity index (χ4v) is 3.76. The Morgan fingerprint density at radius 1 is 1.22 bits per heavy atom. The topological polar surface area (TPSA) is 30.0 Å². The average molecular weight is 298 g/mol. The number of aryl methyl sites for hydroxylation is 1. The smallest absolute Gasteiger partial charge is 0.182 e. The van der Waals surface area contributed by atoms with Gasteiger partial charge in [0.2, 0.25) is 0 Å². The Labute approximate surface area is 119 Å². The van der Waals surface area contributed by atoms with Crippen LogP contribution in [0.15, 0.2) is 18.2 Å². The zero-order valence-electron chi connectivity index (χ0n) is 9.37. The van der Waals surface area contributed by atoms with Crippen LogP contribution in [0.1, 0.15) is 28.2 Å². The second-order valence-corrected chi connectivity index (χ2v) is 6.12. The SMILES string of the molecule is O=C1CCCc2sc(-c3ccc(Cl)cc3Cl)nc21. The Balaban J connectivity index is 2.10. The number of halogens is 2. The van der Waals surface area contributed by atoms with Gasteiger partial charge < -0.3 is 0 Å². The molecule has 0 amide bonds. The molecular weight excluding hydrogens is 289 g/mol. The van der Waals surface area contributed by atoms with E-state index in [0.29, 0.717) is 22.2 Å². The summed E-state index contributed by atoms with van der Waals surface area (Å²) in [6.45, 7) is 0. The third-order valence-electron chi connectivity index (χ3n) is 2.93. The van der Waals surface area contributed by atoms with Crippen LogP contribution in [0.2, 0.25) is 10.0 Å². The predicted molar refractivity (Wildman–Crippen MR) is 74.8 cm³/mol. The predicted octanol–water partition coefficient (Wildman–Crippen LogP) is 4.64. The lowest BCUT2D eigenvalue weighted by Gasteiger charge is -2.06. The number of carbonyl (C=O) groups excluding carboxylic acids is 1. The third-order valence-corrected chi connectivity index (χ3v) is 4.63. The number of benzene rings is 1. The molecule has 5 heteroatoms. The van der Waals surface area contributed by atoms with E-state index >= 15 is 0 Å². The van der Waals surface area contributed by atoms with E-state index in [1.165, 1.54) is 0 Å². The van der Waals surface area contributed by atoms with Crippen LogP contribution in [-0.2, 0) is 6.42 Å². The van der Waals surface area contributed by atoms with E-state index in [4.69, 9.17) is 23.2 Å². The van der Waals surface area contributed by atoms with Gasteiger partial charge in [-0.3, -0.25) is 4.79 Å². The van der Waals surface area contributed by atoms with E-state index in [1.54, 1.807) is 23.5 Å². The summed E-state index contributed by atoms with van der Waals surface area (Å²) in [5.74, 6) is 0.142. The molecule has 1 aromatic carbocycles. The maximum absolute atomic E-state index is 11.8. The molecule has 3 rings (SSSR count). The van der Waals surface area contributed by atoms with Gasteiger partial charge in [-0.05, 0) is 31.0 Å². The monoisotopic (exact) mass is 297 g/mol. The molecule has 1 aliphatic rings. The van der Waals surface area contributed by atoms with Crippen LogP contribution in [0.4, 0.5) is 0 Å². The van der Waals surface area contributed by atoms with Crippen molar-refractivity contribution in [3.05, 3.63) is 38.8 Å². The highest BCUT2D eigenvalue weighted by molar-refractivity contribution is 7.15. The number of hydrogen-bond donors (Lipinski definition) is 0. The molecule has 0 saturated heterocycles. The van der Waals surface area contributed by atoms with Crippen molar-refractivity contribution in [1.82, 2.24) is 4.98 Å². The minimum atomic E-state index is 0.142. The first-order chi connectivity index (χ1) is 8.65. The van der Waals surface area contributed by atoms with Gasteiger partial charge in [-0.1, -0.05) is 23.2 Å². The summed E-state index contributed by atoms with van der Waals surface area (Å²) in [6, 6.07) is 5.32. The lowest BCUT2D eigenvalue weighted by Crippen LogP contribution is -2.08. The van der Waals surface area contributed by atoms with Crippen molar-refractivity contribution in [1.29, 1.82) is 0 Å². The van der Waals surface area contributed by atoms with E-state index < -0.39 is 0 Å². The summed E-state index contributed by atoms with van der Waals surface area (Å²) in [5, 5.41) is 1.97. The molecule has 0 unspecified atom stereocenters. The van der Waals surface area contributed by atoms with Crippen LogP contribution in [0.5, 0.6) is 0 Å². The van der Waals surface area contributed by atoms with Gasteiger partial charge in [0.15, 0.2) is 5.78 Å². The molecule has 0 bridgehead atoms. The number of carbonyl (C=O) groups is 1. The first kappa shape index (κ1) is 12.2. The minimum Gasteiger partial charge on any atom is -0.292 e. The van der Waals surface area contributed by atoms with Gasteiger partial charge in [-0.15, -0.1) is 11.3 Å². The molecule has 0 aliphatic heterocycles. The molecular formula is C13H9Cl2NOS. The molecule has 2 nitrogen and oxygen atoms in total. The van der Waals surface area contributed by atoms with Gasteiger partial charge in [0, 0.05) is 21.9 Å². The van der Waals surface area contributed by atoms with Gasteiger partial charge in [0.1, 0.15) is 10.7 Å². The first-order valence-electron chi connectivity index (χ1n) is 5.63. The highest BCUT2D eigenvalue weighted by Gasteiger charge is 2.23. The van der Waals surface area contributed by atoms with E-state index in [0.717, 1.165) is 28.3 Å². The van der Waals surface area contributed by atoms with Crippen molar-refractivity contribution in [2.24, 2.45) is 0 Å². The number of thiazole rings is 1. The highest BCUT2D eigenvalue weighted by atomic mass is 35.5. The number of rotatable bonds is 1. The number of ketones is 1. The van der Waals surface area contributed by atoms with E-state index in [9.17, 15) is 4.79 Å². The van der Waals surface area contributed by atoms with Gasteiger partial charge in [0.25, 0.3) is 0 Å². The van der Waals surface area contributed by atoms with Gasteiger partial charge in [-0.25, -0.2) is 4.98 Å². The van der Waals surface area contributed by atoms with Gasteiger partial charge >= 0.3 is 0 Å². The number of hydrogen-bond acceptors (Lipinski definition) is 3. The Kier molecular flexibility index (Phi) is 3.14. The van der Waals surface area contributed by atoms with Gasteiger partial charge in [-0.2, -0.15) is 0 Å². The van der Waals surface area contributed by atoms with Crippen LogP contribution in [-0.4, -0.2) is 10.8 Å². The lowest BCUT2D eigenvalue weighted by atomic mass is 10.0. The molecule has 0 N–H and O–H groups in total. The van der Waals surface area contributed by atoms with Crippen molar-refractivity contribution in [2.45, 2.75) is 19.3 Å². The van der Waals surface area contributed by atoms with Crippen molar-refractivity contribution >= 4 is 40.3 Å². The molecule has 1 aliphatic carbocycles. The molecule has 92 valence electrons. The molecule has 0 fully saturated rings. The summed E-state index contributed by atoms with van der Waals surface area (Å²) in [4.78, 5) is 17.3. The van der Waals surface area contributed by atoms with Crippen molar-refractivity contribution < 1.29 is 4.79 Å².